The topological polar surface area (TPSA) is 53.5 Å². The zero-order chi connectivity index (χ0) is 21.3. The minimum atomic E-state index is -4.08. The normalized spacial score (nSPS) is 16.1. The van der Waals surface area contributed by atoms with E-state index in [-0.39, 0.29) is 13.1 Å². The molecule has 1 saturated heterocycles. The van der Waals surface area contributed by atoms with Crippen LogP contribution in [0, 0.1) is 11.6 Å². The lowest BCUT2D eigenvalue weighted by Crippen LogP contribution is -2.48. The molecule has 30 heavy (non-hydrogen) atoms. The second-order valence-electron chi connectivity index (χ2n) is 6.88. The maximum absolute atomic E-state index is 14.0. The van der Waals surface area contributed by atoms with Gasteiger partial charge in [0.15, 0.2) is 0 Å². The SMILES string of the molecule is O=S(=O)(c1cc(F)ccc1F)N1CCN(Cc2csc(-c3ccccc3Cl)n2)CC1. The third-order valence-corrected chi connectivity index (χ3v) is 8.05. The monoisotopic (exact) mass is 469 g/mol. The smallest absolute Gasteiger partial charge is 0.246 e. The zero-order valence-corrected chi connectivity index (χ0v) is 18.2. The minimum absolute atomic E-state index is 0.194. The molecule has 10 heteroatoms. The number of hydrogen-bond donors (Lipinski definition) is 0. The van der Waals surface area contributed by atoms with Gasteiger partial charge in [0.2, 0.25) is 10.0 Å². The predicted molar refractivity (Wildman–Crippen MR) is 113 cm³/mol. The lowest BCUT2D eigenvalue weighted by molar-refractivity contribution is 0.180. The molecular weight excluding hydrogens is 452 g/mol. The van der Waals surface area contributed by atoms with Crippen molar-refractivity contribution in [3.63, 3.8) is 0 Å². The molecule has 0 N–H and O–H groups in total. The standard InChI is InChI=1S/C20H18ClF2N3O2S2/c21-17-4-2-1-3-16(17)20-24-15(13-29-20)12-25-7-9-26(10-8-25)30(27,28)19-11-14(22)5-6-18(19)23/h1-6,11,13H,7-10,12H2. The molecule has 0 amide bonds. The van der Waals surface area contributed by atoms with E-state index in [1.54, 1.807) is 0 Å². The van der Waals surface area contributed by atoms with Crippen LogP contribution in [-0.2, 0) is 16.6 Å². The molecular formula is C20H18ClF2N3O2S2. The van der Waals surface area contributed by atoms with Crippen molar-refractivity contribution in [1.82, 2.24) is 14.2 Å². The van der Waals surface area contributed by atoms with Crippen LogP contribution in [0.3, 0.4) is 0 Å². The molecule has 0 saturated carbocycles. The van der Waals surface area contributed by atoms with Crippen molar-refractivity contribution in [3.05, 3.63) is 70.2 Å². The van der Waals surface area contributed by atoms with E-state index >= 15 is 0 Å². The van der Waals surface area contributed by atoms with Crippen LogP contribution in [0.25, 0.3) is 10.6 Å². The second kappa shape index (κ2) is 8.68. The van der Waals surface area contributed by atoms with Gasteiger partial charge in [0.25, 0.3) is 0 Å². The third-order valence-electron chi connectivity index (χ3n) is 4.88. The lowest BCUT2D eigenvalue weighted by atomic mass is 10.2. The number of nitrogens with zero attached hydrogens (tertiary/aromatic N) is 3. The van der Waals surface area contributed by atoms with Crippen LogP contribution in [-0.4, -0.2) is 48.8 Å². The van der Waals surface area contributed by atoms with Gasteiger partial charge in [0.1, 0.15) is 21.5 Å². The van der Waals surface area contributed by atoms with Gasteiger partial charge in [-0.2, -0.15) is 4.31 Å². The van der Waals surface area contributed by atoms with Gasteiger partial charge in [-0.15, -0.1) is 11.3 Å². The Labute approximate surface area is 182 Å². The first-order valence-corrected chi connectivity index (χ1v) is 11.9. The quantitative estimate of drug-likeness (QED) is 0.560. The summed E-state index contributed by atoms with van der Waals surface area (Å²) in [7, 11) is -4.08. The van der Waals surface area contributed by atoms with Crippen molar-refractivity contribution in [2.75, 3.05) is 26.2 Å². The summed E-state index contributed by atoms with van der Waals surface area (Å²) in [6.07, 6.45) is 0. The van der Waals surface area contributed by atoms with E-state index in [0.717, 1.165) is 34.5 Å². The van der Waals surface area contributed by atoms with Crippen molar-refractivity contribution >= 4 is 33.0 Å². The molecule has 0 unspecified atom stereocenters. The molecule has 1 aromatic heterocycles. The summed E-state index contributed by atoms with van der Waals surface area (Å²) >= 11 is 7.74. The number of aromatic nitrogens is 1. The Bertz CT molecular complexity index is 1160. The highest BCUT2D eigenvalue weighted by Gasteiger charge is 2.31. The number of thiazole rings is 1. The summed E-state index contributed by atoms with van der Waals surface area (Å²) in [6, 6.07) is 9.96. The second-order valence-corrected chi connectivity index (χ2v) is 10.1. The van der Waals surface area contributed by atoms with Gasteiger partial charge in [-0.1, -0.05) is 29.8 Å². The van der Waals surface area contributed by atoms with Crippen LogP contribution in [0.1, 0.15) is 5.69 Å². The molecule has 158 valence electrons. The number of benzene rings is 2. The molecule has 5 nitrogen and oxygen atoms in total. The number of sulfonamides is 1. The van der Waals surface area contributed by atoms with Gasteiger partial charge < -0.3 is 0 Å². The first kappa shape index (κ1) is 21.3. The fraction of sp³-hybridized carbons (Fsp3) is 0.250. The summed E-state index contributed by atoms with van der Waals surface area (Å²) in [5, 5.41) is 3.43. The molecule has 1 aliphatic heterocycles. The molecule has 0 bridgehead atoms. The van der Waals surface area contributed by atoms with Crippen LogP contribution in [0.15, 0.2) is 52.7 Å². The summed E-state index contributed by atoms with van der Waals surface area (Å²) in [5.41, 5.74) is 1.76. The summed E-state index contributed by atoms with van der Waals surface area (Å²) in [6.45, 7) is 1.90. The predicted octanol–water partition coefficient (Wildman–Crippen LogP) is 4.25. The Balaban J connectivity index is 1.41. The molecule has 3 aromatic rings. The average Bonchev–Trinajstić information content (AvgIpc) is 3.18. The van der Waals surface area contributed by atoms with Gasteiger partial charge in [-0.05, 0) is 24.3 Å². The largest absolute Gasteiger partial charge is 0.295 e. The van der Waals surface area contributed by atoms with E-state index in [9.17, 15) is 17.2 Å². The Hall–Kier alpha value is -1.91. The maximum Gasteiger partial charge on any atom is 0.246 e. The highest BCUT2D eigenvalue weighted by Crippen LogP contribution is 2.30. The first-order chi connectivity index (χ1) is 14.3. The van der Waals surface area contributed by atoms with E-state index in [4.69, 9.17) is 11.6 Å². The molecule has 0 spiro atoms. The van der Waals surface area contributed by atoms with Crippen molar-refractivity contribution in [3.8, 4) is 10.6 Å². The number of piperazine rings is 1. The van der Waals surface area contributed by atoms with E-state index in [1.165, 1.54) is 15.6 Å². The van der Waals surface area contributed by atoms with Gasteiger partial charge >= 0.3 is 0 Å². The van der Waals surface area contributed by atoms with E-state index in [1.807, 2.05) is 29.6 Å². The first-order valence-electron chi connectivity index (χ1n) is 9.21. The van der Waals surface area contributed by atoms with Crippen LogP contribution in [0.2, 0.25) is 5.02 Å². The highest BCUT2D eigenvalue weighted by molar-refractivity contribution is 7.89. The molecule has 2 aromatic carbocycles. The molecule has 0 aliphatic carbocycles. The van der Waals surface area contributed by atoms with Crippen molar-refractivity contribution in [2.45, 2.75) is 11.4 Å². The van der Waals surface area contributed by atoms with Crippen LogP contribution in [0.5, 0.6) is 0 Å². The number of halogens is 3. The van der Waals surface area contributed by atoms with E-state index < -0.39 is 26.6 Å². The number of rotatable bonds is 5. The fourth-order valence-corrected chi connectivity index (χ4v) is 5.94. The maximum atomic E-state index is 14.0. The van der Waals surface area contributed by atoms with Crippen LogP contribution >= 0.6 is 22.9 Å². The molecule has 0 radical (unpaired) electrons. The van der Waals surface area contributed by atoms with E-state index in [0.29, 0.717) is 24.7 Å². The molecule has 4 rings (SSSR count). The third kappa shape index (κ3) is 4.40. The fourth-order valence-electron chi connectivity index (χ4n) is 3.31. The average molecular weight is 470 g/mol. The van der Waals surface area contributed by atoms with Gasteiger partial charge in [-0.3, -0.25) is 4.90 Å². The van der Waals surface area contributed by atoms with Crippen molar-refractivity contribution in [2.24, 2.45) is 0 Å². The van der Waals surface area contributed by atoms with Gasteiger partial charge in [-0.25, -0.2) is 22.2 Å². The zero-order valence-electron chi connectivity index (χ0n) is 15.8. The highest BCUT2D eigenvalue weighted by atomic mass is 35.5. The van der Waals surface area contributed by atoms with Crippen LogP contribution in [0.4, 0.5) is 8.78 Å². The van der Waals surface area contributed by atoms with E-state index in [2.05, 4.69) is 9.88 Å². The Morgan fingerprint density at radius 1 is 1.07 bits per heavy atom. The summed E-state index contributed by atoms with van der Waals surface area (Å²) in [4.78, 5) is 6.10. The lowest BCUT2D eigenvalue weighted by Gasteiger charge is -2.33. The van der Waals surface area contributed by atoms with Crippen molar-refractivity contribution < 1.29 is 17.2 Å². The summed E-state index contributed by atoms with van der Waals surface area (Å²) in [5.74, 6) is -1.74. The molecule has 2 heterocycles. The Morgan fingerprint density at radius 2 is 1.80 bits per heavy atom. The Kier molecular flexibility index (Phi) is 6.17. The molecule has 0 atom stereocenters. The molecule has 1 aliphatic rings. The summed E-state index contributed by atoms with van der Waals surface area (Å²) < 4.78 is 54.0. The number of hydrogen-bond acceptors (Lipinski definition) is 5. The van der Waals surface area contributed by atoms with Crippen LogP contribution < -0.4 is 0 Å². The van der Waals surface area contributed by atoms with Crippen molar-refractivity contribution in [1.29, 1.82) is 0 Å². The van der Waals surface area contributed by atoms with Gasteiger partial charge in [0, 0.05) is 43.7 Å². The van der Waals surface area contributed by atoms with Gasteiger partial charge in [0.05, 0.1) is 10.7 Å². The molecule has 1 fully saturated rings. The minimum Gasteiger partial charge on any atom is -0.295 e. The Morgan fingerprint density at radius 3 is 2.53 bits per heavy atom.